The SMILES string of the molecule is CCSCc1ccc(CSCC)n1-c1cc(O)c2ccccc2c1O. The Balaban J connectivity index is 2.18. The van der Waals surface area contributed by atoms with E-state index in [1.165, 1.54) is 0 Å². The molecule has 0 fully saturated rings. The van der Waals surface area contributed by atoms with E-state index in [-0.39, 0.29) is 11.5 Å². The van der Waals surface area contributed by atoms with Crippen molar-refractivity contribution in [3.05, 3.63) is 53.9 Å². The molecule has 0 atom stereocenters. The summed E-state index contributed by atoms with van der Waals surface area (Å²) in [5.74, 6) is 4.24. The van der Waals surface area contributed by atoms with Crippen molar-refractivity contribution in [2.75, 3.05) is 11.5 Å². The lowest BCUT2D eigenvalue weighted by Gasteiger charge is -2.17. The highest BCUT2D eigenvalue weighted by Crippen LogP contribution is 2.39. The number of benzene rings is 2. The summed E-state index contributed by atoms with van der Waals surface area (Å²) in [6.07, 6.45) is 0. The number of hydrogen-bond acceptors (Lipinski definition) is 4. The van der Waals surface area contributed by atoms with Crippen molar-refractivity contribution in [1.29, 1.82) is 0 Å². The van der Waals surface area contributed by atoms with Crippen LogP contribution in [0.1, 0.15) is 25.2 Å². The van der Waals surface area contributed by atoms with Crippen LogP contribution >= 0.6 is 23.5 Å². The molecule has 0 amide bonds. The molecule has 0 spiro atoms. The Kier molecular flexibility index (Phi) is 5.86. The van der Waals surface area contributed by atoms with E-state index in [0.29, 0.717) is 16.5 Å². The number of aromatic hydroxyl groups is 2. The van der Waals surface area contributed by atoms with Gasteiger partial charge in [-0.15, -0.1) is 0 Å². The fourth-order valence-electron chi connectivity index (χ4n) is 2.97. The van der Waals surface area contributed by atoms with Crippen LogP contribution in [0, 0.1) is 0 Å². The van der Waals surface area contributed by atoms with Crippen LogP contribution in [0.4, 0.5) is 0 Å². The molecule has 0 aliphatic carbocycles. The summed E-state index contributed by atoms with van der Waals surface area (Å²) in [6, 6.07) is 13.3. The van der Waals surface area contributed by atoms with Gasteiger partial charge in [0.05, 0.1) is 5.69 Å². The molecule has 2 aromatic carbocycles. The van der Waals surface area contributed by atoms with E-state index in [1.54, 1.807) is 6.07 Å². The van der Waals surface area contributed by atoms with Gasteiger partial charge in [-0.2, -0.15) is 23.5 Å². The van der Waals surface area contributed by atoms with Crippen molar-refractivity contribution < 1.29 is 10.2 Å². The largest absolute Gasteiger partial charge is 0.507 e. The Morgan fingerprint density at radius 3 is 1.96 bits per heavy atom. The number of thioether (sulfide) groups is 2. The molecule has 0 aliphatic rings. The third-order valence-corrected chi connectivity index (χ3v) is 5.98. The Hall–Kier alpha value is -1.72. The maximum Gasteiger partial charge on any atom is 0.147 e. The van der Waals surface area contributed by atoms with Gasteiger partial charge in [-0.05, 0) is 23.6 Å². The second-order valence-corrected chi connectivity index (χ2v) is 8.28. The van der Waals surface area contributed by atoms with Crippen molar-refractivity contribution in [2.24, 2.45) is 0 Å². The first-order valence-corrected chi connectivity index (χ1v) is 10.8. The molecular formula is C20H23NO2S2. The molecule has 0 saturated carbocycles. The molecule has 0 saturated heterocycles. The van der Waals surface area contributed by atoms with E-state index in [0.717, 1.165) is 34.4 Å². The van der Waals surface area contributed by atoms with Gasteiger partial charge >= 0.3 is 0 Å². The van der Waals surface area contributed by atoms with Gasteiger partial charge in [-0.1, -0.05) is 38.1 Å². The normalized spacial score (nSPS) is 11.3. The molecule has 2 N–H and O–H groups in total. The molecule has 0 unspecified atom stereocenters. The highest BCUT2D eigenvalue weighted by atomic mass is 32.2. The summed E-state index contributed by atoms with van der Waals surface area (Å²) < 4.78 is 2.10. The zero-order valence-electron chi connectivity index (χ0n) is 14.5. The molecule has 0 bridgehead atoms. The fourth-order valence-corrected chi connectivity index (χ4v) is 4.25. The fraction of sp³-hybridized carbons (Fsp3) is 0.300. The van der Waals surface area contributed by atoms with Crippen molar-refractivity contribution in [1.82, 2.24) is 4.57 Å². The van der Waals surface area contributed by atoms with Gasteiger partial charge in [0.25, 0.3) is 0 Å². The van der Waals surface area contributed by atoms with Crippen molar-refractivity contribution in [3.8, 4) is 17.2 Å². The van der Waals surface area contributed by atoms with Gasteiger partial charge in [-0.25, -0.2) is 0 Å². The number of rotatable bonds is 7. The summed E-state index contributed by atoms with van der Waals surface area (Å²) in [5.41, 5.74) is 2.94. The summed E-state index contributed by atoms with van der Waals surface area (Å²) in [7, 11) is 0. The minimum atomic E-state index is 0.195. The van der Waals surface area contributed by atoms with Crippen LogP contribution in [0.15, 0.2) is 42.5 Å². The average Bonchev–Trinajstić information content (AvgIpc) is 3.03. The van der Waals surface area contributed by atoms with E-state index in [1.807, 2.05) is 47.8 Å². The number of aromatic nitrogens is 1. The van der Waals surface area contributed by atoms with E-state index in [2.05, 4.69) is 30.5 Å². The third kappa shape index (κ3) is 3.62. The lowest BCUT2D eigenvalue weighted by Crippen LogP contribution is -2.04. The Morgan fingerprint density at radius 1 is 0.840 bits per heavy atom. The number of nitrogens with zero attached hydrogens (tertiary/aromatic N) is 1. The van der Waals surface area contributed by atoms with Gasteiger partial charge in [-0.3, -0.25) is 0 Å². The molecule has 3 rings (SSSR count). The third-order valence-electron chi connectivity index (χ3n) is 4.17. The first kappa shape index (κ1) is 18.1. The number of fused-ring (bicyclic) bond motifs is 1. The summed E-state index contributed by atoms with van der Waals surface area (Å²) >= 11 is 3.70. The zero-order valence-corrected chi connectivity index (χ0v) is 16.2. The van der Waals surface area contributed by atoms with Gasteiger partial charge in [0, 0.05) is 39.7 Å². The molecule has 5 heteroatoms. The van der Waals surface area contributed by atoms with Crippen molar-refractivity contribution in [3.63, 3.8) is 0 Å². The van der Waals surface area contributed by atoms with Gasteiger partial charge < -0.3 is 14.8 Å². The topological polar surface area (TPSA) is 45.4 Å². The molecule has 3 aromatic rings. The number of phenolic OH excluding ortho intramolecular Hbond substituents is 2. The highest BCUT2D eigenvalue weighted by Gasteiger charge is 2.17. The smallest absolute Gasteiger partial charge is 0.147 e. The Morgan fingerprint density at radius 2 is 1.40 bits per heavy atom. The second-order valence-electron chi connectivity index (χ2n) is 5.73. The van der Waals surface area contributed by atoms with Gasteiger partial charge in [0.15, 0.2) is 0 Å². The second kappa shape index (κ2) is 8.11. The van der Waals surface area contributed by atoms with Crippen molar-refractivity contribution >= 4 is 34.3 Å². The van der Waals surface area contributed by atoms with Gasteiger partial charge in [0.1, 0.15) is 11.5 Å². The Bertz CT molecular complexity index is 848. The Labute approximate surface area is 157 Å². The van der Waals surface area contributed by atoms with Crippen LogP contribution in [-0.4, -0.2) is 26.3 Å². The van der Waals surface area contributed by atoms with Crippen LogP contribution in [0.25, 0.3) is 16.5 Å². The molecule has 0 aliphatic heterocycles. The molecule has 25 heavy (non-hydrogen) atoms. The quantitative estimate of drug-likeness (QED) is 0.533. The number of hydrogen-bond donors (Lipinski definition) is 2. The van der Waals surface area contributed by atoms with Crippen LogP contribution < -0.4 is 0 Å². The van der Waals surface area contributed by atoms with E-state index >= 15 is 0 Å². The lowest BCUT2D eigenvalue weighted by molar-refractivity contribution is 0.466. The minimum absolute atomic E-state index is 0.195. The lowest BCUT2D eigenvalue weighted by atomic mass is 10.1. The molecule has 0 radical (unpaired) electrons. The predicted octanol–water partition coefficient (Wildman–Crippen LogP) is 5.55. The first-order chi connectivity index (χ1) is 12.2. The van der Waals surface area contributed by atoms with E-state index in [9.17, 15) is 10.2 Å². The highest BCUT2D eigenvalue weighted by molar-refractivity contribution is 7.98. The van der Waals surface area contributed by atoms with Gasteiger partial charge in [0.2, 0.25) is 0 Å². The summed E-state index contributed by atoms with van der Waals surface area (Å²) in [5, 5.41) is 22.7. The van der Waals surface area contributed by atoms with Crippen LogP contribution in [-0.2, 0) is 11.5 Å². The van der Waals surface area contributed by atoms with E-state index in [4.69, 9.17) is 0 Å². The van der Waals surface area contributed by atoms with Crippen LogP contribution in [0.5, 0.6) is 11.5 Å². The molecule has 3 nitrogen and oxygen atoms in total. The number of phenols is 2. The summed E-state index contributed by atoms with van der Waals surface area (Å²) in [6.45, 7) is 4.29. The summed E-state index contributed by atoms with van der Waals surface area (Å²) in [4.78, 5) is 0. The van der Waals surface area contributed by atoms with E-state index < -0.39 is 0 Å². The zero-order chi connectivity index (χ0) is 17.8. The molecule has 132 valence electrons. The minimum Gasteiger partial charge on any atom is -0.507 e. The molecule has 1 aromatic heterocycles. The predicted molar refractivity (Wildman–Crippen MR) is 110 cm³/mol. The first-order valence-electron chi connectivity index (χ1n) is 8.46. The van der Waals surface area contributed by atoms with Crippen LogP contribution in [0.2, 0.25) is 0 Å². The standard InChI is InChI=1S/C20H23NO2S2/c1-3-24-12-14-9-10-15(13-25-4-2)21(14)18-11-19(22)16-7-5-6-8-17(16)20(18)23/h5-11,22-23H,3-4,12-13H2,1-2H3. The maximum atomic E-state index is 10.9. The van der Waals surface area contributed by atoms with Crippen LogP contribution in [0.3, 0.4) is 0 Å². The molecule has 1 heterocycles. The average molecular weight is 374 g/mol. The molecular weight excluding hydrogens is 350 g/mol. The monoisotopic (exact) mass is 373 g/mol. The maximum absolute atomic E-state index is 10.9. The van der Waals surface area contributed by atoms with Crippen molar-refractivity contribution in [2.45, 2.75) is 25.4 Å².